The Morgan fingerprint density at radius 3 is 2.67 bits per heavy atom. The number of hydrogen-bond acceptors (Lipinski definition) is 5. The minimum Gasteiger partial charge on any atom is -0.298 e. The lowest BCUT2D eigenvalue weighted by atomic mass is 10.2. The van der Waals surface area contributed by atoms with Crippen LogP contribution in [0.3, 0.4) is 0 Å². The Balaban J connectivity index is 2.17. The average molecular weight is 299 g/mol. The smallest absolute Gasteiger partial charge is 0.279 e. The highest BCUT2D eigenvalue weighted by Gasteiger charge is 2.17. The van der Waals surface area contributed by atoms with Gasteiger partial charge in [-0.2, -0.15) is 0 Å². The molecule has 1 atom stereocenters. The molecule has 0 spiro atoms. The number of benzene rings is 1. The molecule has 0 bridgehead atoms. The van der Waals surface area contributed by atoms with Gasteiger partial charge in [0.2, 0.25) is 0 Å². The van der Waals surface area contributed by atoms with E-state index in [1.54, 1.807) is 6.92 Å². The van der Waals surface area contributed by atoms with E-state index in [1.807, 2.05) is 36.4 Å². The van der Waals surface area contributed by atoms with Crippen LogP contribution < -0.4 is 5.56 Å². The van der Waals surface area contributed by atoms with Crippen molar-refractivity contribution in [2.24, 2.45) is 0 Å². The molecule has 0 saturated carbocycles. The van der Waals surface area contributed by atoms with Crippen LogP contribution in [-0.2, 0) is 4.79 Å². The monoisotopic (exact) mass is 299 g/mol. The number of Topliss-reactive ketones (excluding diaryl/α,β-unsaturated/α-hetero) is 1. The molecule has 6 heteroatoms. The zero-order valence-electron chi connectivity index (χ0n) is 11.6. The molecule has 3 rings (SSSR count). The molecule has 106 valence electrons. The minimum atomic E-state index is -0.602. The topological polar surface area (TPSA) is 64.8 Å². The second-order valence-electron chi connectivity index (χ2n) is 4.82. The SMILES string of the molecule is CC(=O)[C@H](C)n1nnc2sc(-c3ccccc3)cc2c1=O. The van der Waals surface area contributed by atoms with Gasteiger partial charge < -0.3 is 0 Å². The van der Waals surface area contributed by atoms with Gasteiger partial charge in [0.15, 0.2) is 10.6 Å². The molecule has 0 aliphatic heterocycles. The van der Waals surface area contributed by atoms with Crippen molar-refractivity contribution in [1.29, 1.82) is 0 Å². The zero-order chi connectivity index (χ0) is 15.0. The molecule has 21 heavy (non-hydrogen) atoms. The normalized spacial score (nSPS) is 12.5. The molecule has 2 aromatic heterocycles. The Morgan fingerprint density at radius 1 is 1.29 bits per heavy atom. The quantitative estimate of drug-likeness (QED) is 0.746. The van der Waals surface area contributed by atoms with Crippen molar-refractivity contribution in [3.63, 3.8) is 0 Å². The fourth-order valence-electron chi connectivity index (χ4n) is 2.03. The predicted octanol–water partition coefficient (Wildman–Crippen LogP) is 2.67. The molecule has 0 aliphatic carbocycles. The lowest BCUT2D eigenvalue weighted by Crippen LogP contribution is -2.29. The molecule has 0 amide bonds. The second kappa shape index (κ2) is 5.21. The Labute approximate surface area is 124 Å². The molecule has 2 heterocycles. The molecule has 0 fully saturated rings. The van der Waals surface area contributed by atoms with Gasteiger partial charge in [0.05, 0.1) is 5.39 Å². The van der Waals surface area contributed by atoms with E-state index in [9.17, 15) is 9.59 Å². The average Bonchev–Trinajstić information content (AvgIpc) is 2.93. The van der Waals surface area contributed by atoms with Crippen molar-refractivity contribution in [1.82, 2.24) is 15.0 Å². The summed E-state index contributed by atoms with van der Waals surface area (Å²) in [6.07, 6.45) is 0. The van der Waals surface area contributed by atoms with Crippen LogP contribution in [0, 0.1) is 0 Å². The van der Waals surface area contributed by atoms with Gasteiger partial charge in [-0.15, -0.1) is 16.4 Å². The van der Waals surface area contributed by atoms with E-state index in [0.717, 1.165) is 15.1 Å². The third-order valence-corrected chi connectivity index (χ3v) is 4.46. The highest BCUT2D eigenvalue weighted by molar-refractivity contribution is 7.21. The third kappa shape index (κ3) is 2.38. The lowest BCUT2D eigenvalue weighted by Gasteiger charge is -2.08. The van der Waals surface area contributed by atoms with Gasteiger partial charge in [-0.1, -0.05) is 35.5 Å². The first-order valence-corrected chi connectivity index (χ1v) is 7.34. The fourth-order valence-corrected chi connectivity index (χ4v) is 3.00. The summed E-state index contributed by atoms with van der Waals surface area (Å²) >= 11 is 1.42. The van der Waals surface area contributed by atoms with Crippen molar-refractivity contribution >= 4 is 27.3 Å². The number of nitrogens with zero attached hydrogens (tertiary/aromatic N) is 3. The highest BCUT2D eigenvalue weighted by Crippen LogP contribution is 2.30. The second-order valence-corrected chi connectivity index (χ2v) is 5.85. The number of aromatic nitrogens is 3. The molecule has 0 saturated heterocycles. The number of carbonyl (C=O) groups excluding carboxylic acids is 1. The Bertz CT molecular complexity index is 868. The fraction of sp³-hybridized carbons (Fsp3) is 0.200. The van der Waals surface area contributed by atoms with Crippen LogP contribution in [0.5, 0.6) is 0 Å². The Morgan fingerprint density at radius 2 is 2.00 bits per heavy atom. The molecule has 0 aliphatic rings. The van der Waals surface area contributed by atoms with Gasteiger partial charge in [-0.25, -0.2) is 4.68 Å². The van der Waals surface area contributed by atoms with Gasteiger partial charge in [-0.3, -0.25) is 9.59 Å². The van der Waals surface area contributed by atoms with Gasteiger partial charge in [0.25, 0.3) is 5.56 Å². The number of hydrogen-bond donors (Lipinski definition) is 0. The minimum absolute atomic E-state index is 0.121. The third-order valence-electron chi connectivity index (χ3n) is 3.40. The maximum atomic E-state index is 12.4. The van der Waals surface area contributed by atoms with Crippen LogP contribution in [0.2, 0.25) is 0 Å². The van der Waals surface area contributed by atoms with Crippen LogP contribution >= 0.6 is 11.3 Å². The first-order valence-electron chi connectivity index (χ1n) is 6.53. The Hall–Kier alpha value is -2.34. The van der Waals surface area contributed by atoms with Gasteiger partial charge in [-0.05, 0) is 25.5 Å². The van der Waals surface area contributed by atoms with Crippen molar-refractivity contribution in [2.75, 3.05) is 0 Å². The lowest BCUT2D eigenvalue weighted by molar-refractivity contribution is -0.120. The van der Waals surface area contributed by atoms with Gasteiger partial charge in [0, 0.05) is 4.88 Å². The summed E-state index contributed by atoms with van der Waals surface area (Å²) in [5, 5.41) is 8.45. The van der Waals surface area contributed by atoms with Crippen LogP contribution in [0.25, 0.3) is 20.7 Å². The van der Waals surface area contributed by atoms with Gasteiger partial charge in [0.1, 0.15) is 6.04 Å². The van der Waals surface area contributed by atoms with Gasteiger partial charge >= 0.3 is 0 Å². The van der Waals surface area contributed by atoms with E-state index >= 15 is 0 Å². The Kier molecular flexibility index (Phi) is 3.39. The van der Waals surface area contributed by atoms with E-state index in [-0.39, 0.29) is 11.3 Å². The standard InChI is InChI=1S/C15H13N3O2S/c1-9(10(2)19)18-15(20)12-8-13(21-14(12)16-17-18)11-6-4-3-5-7-11/h3-9H,1-2H3/t9-/m0/s1. The zero-order valence-corrected chi connectivity index (χ0v) is 12.4. The summed E-state index contributed by atoms with van der Waals surface area (Å²) in [7, 11) is 0. The summed E-state index contributed by atoms with van der Waals surface area (Å²) in [6, 6.07) is 11.0. The first-order chi connectivity index (χ1) is 10.1. The van der Waals surface area contributed by atoms with Crippen LogP contribution in [-0.4, -0.2) is 20.8 Å². The molecular weight excluding hydrogens is 286 g/mol. The molecule has 0 N–H and O–H groups in total. The number of rotatable bonds is 3. The summed E-state index contributed by atoms with van der Waals surface area (Å²) < 4.78 is 1.14. The van der Waals surface area contributed by atoms with E-state index in [4.69, 9.17) is 0 Å². The largest absolute Gasteiger partial charge is 0.298 e. The molecule has 0 radical (unpaired) electrons. The maximum Gasteiger partial charge on any atom is 0.279 e. The summed E-state index contributed by atoms with van der Waals surface area (Å²) in [5.74, 6) is -0.121. The number of carbonyl (C=O) groups is 1. The number of thiophene rings is 1. The van der Waals surface area contributed by atoms with E-state index in [0.29, 0.717) is 10.2 Å². The molecule has 5 nitrogen and oxygen atoms in total. The molecule has 0 unspecified atom stereocenters. The first kappa shape index (κ1) is 13.6. The summed E-state index contributed by atoms with van der Waals surface area (Å²) in [5.41, 5.74) is 0.757. The maximum absolute atomic E-state index is 12.4. The van der Waals surface area contributed by atoms with Crippen molar-refractivity contribution in [3.05, 3.63) is 46.8 Å². The van der Waals surface area contributed by atoms with Crippen molar-refractivity contribution in [2.45, 2.75) is 19.9 Å². The summed E-state index contributed by atoms with van der Waals surface area (Å²) in [4.78, 5) is 25.4. The van der Waals surface area contributed by atoms with E-state index < -0.39 is 6.04 Å². The number of ketones is 1. The molecule has 3 aromatic rings. The number of fused-ring (bicyclic) bond motifs is 1. The van der Waals surface area contributed by atoms with E-state index in [1.165, 1.54) is 18.3 Å². The van der Waals surface area contributed by atoms with Crippen LogP contribution in [0.15, 0.2) is 41.2 Å². The molecule has 1 aromatic carbocycles. The predicted molar refractivity (Wildman–Crippen MR) is 82.5 cm³/mol. The van der Waals surface area contributed by atoms with Crippen LogP contribution in [0.1, 0.15) is 19.9 Å². The van der Waals surface area contributed by atoms with Crippen molar-refractivity contribution < 1.29 is 4.79 Å². The molecular formula is C15H13N3O2S. The van der Waals surface area contributed by atoms with E-state index in [2.05, 4.69) is 10.3 Å². The summed E-state index contributed by atoms with van der Waals surface area (Å²) in [6.45, 7) is 3.08. The van der Waals surface area contributed by atoms with Crippen LogP contribution in [0.4, 0.5) is 0 Å². The highest BCUT2D eigenvalue weighted by atomic mass is 32.1. The van der Waals surface area contributed by atoms with Crippen molar-refractivity contribution in [3.8, 4) is 10.4 Å².